The van der Waals surface area contributed by atoms with E-state index in [1.54, 1.807) is 30.3 Å². The molecule has 0 amide bonds. The molecule has 0 radical (unpaired) electrons. The van der Waals surface area contributed by atoms with Gasteiger partial charge in [0.2, 0.25) is 0 Å². The van der Waals surface area contributed by atoms with Crippen molar-refractivity contribution >= 4 is 40.7 Å². The van der Waals surface area contributed by atoms with E-state index in [-0.39, 0.29) is 24.5 Å². The summed E-state index contributed by atoms with van der Waals surface area (Å²) in [5.74, 6) is -2.47. The molecule has 1 rings (SSSR count). The molecule has 0 aromatic heterocycles. The van der Waals surface area contributed by atoms with E-state index in [0.717, 1.165) is 11.4 Å². The van der Waals surface area contributed by atoms with E-state index in [4.69, 9.17) is 10.2 Å². The van der Waals surface area contributed by atoms with Crippen molar-refractivity contribution in [3.05, 3.63) is 30.3 Å². The van der Waals surface area contributed by atoms with Crippen molar-refractivity contribution in [1.82, 2.24) is 5.09 Å². The summed E-state index contributed by atoms with van der Waals surface area (Å²) >= 11 is 0.861. The average molecular weight is 351 g/mol. The van der Waals surface area contributed by atoms with Crippen LogP contribution in [0.1, 0.15) is 12.8 Å². The lowest BCUT2D eigenvalue weighted by atomic mass is 10.2. The summed E-state index contributed by atoms with van der Waals surface area (Å²) in [6.45, 7) is 0. The zero-order chi connectivity index (χ0) is 15.9. The molecule has 116 valence electrons. The Labute approximate surface area is 129 Å². The van der Waals surface area contributed by atoms with Gasteiger partial charge < -0.3 is 14.8 Å². The van der Waals surface area contributed by atoms with Crippen molar-refractivity contribution in [2.45, 2.75) is 23.8 Å². The lowest BCUT2D eigenvalue weighted by Gasteiger charge is -2.20. The van der Waals surface area contributed by atoms with Crippen molar-refractivity contribution in [2.24, 2.45) is 0 Å². The fourth-order valence-corrected chi connectivity index (χ4v) is 6.13. The number of hydrogen-bond acceptors (Lipinski definition) is 6. The number of hydrogen-bond donors (Lipinski definition) is 4. The van der Waals surface area contributed by atoms with Crippen molar-refractivity contribution in [3.63, 3.8) is 0 Å². The number of benzene rings is 1. The number of nitrogens with one attached hydrogen (secondary N) is 1. The molecule has 7 nitrogen and oxygen atoms in total. The third-order valence-electron chi connectivity index (χ3n) is 2.34. The van der Waals surface area contributed by atoms with E-state index >= 15 is 0 Å². The zero-order valence-corrected chi connectivity index (χ0v) is 13.2. The second kappa shape index (κ2) is 8.45. The van der Waals surface area contributed by atoms with E-state index in [9.17, 15) is 18.7 Å². The molecule has 21 heavy (non-hydrogen) atoms. The molecule has 0 bridgehead atoms. The van der Waals surface area contributed by atoms with Gasteiger partial charge in [0.05, 0.1) is 11.7 Å². The highest BCUT2D eigenvalue weighted by Gasteiger charge is 2.31. The van der Waals surface area contributed by atoms with Gasteiger partial charge in [0.1, 0.15) is 6.04 Å². The smallest absolute Gasteiger partial charge is 0.321 e. The lowest BCUT2D eigenvalue weighted by molar-refractivity contribution is -0.140. The number of carbonyl (C=O) groups is 2. The maximum absolute atomic E-state index is 12.5. The SMILES string of the molecule is O=C(O)CCC(NP(=O)(SO)Sc1ccccc1)C(=O)O. The molecule has 4 N–H and O–H groups in total. The Hall–Kier alpha value is -0.990. The fourth-order valence-electron chi connectivity index (χ4n) is 1.39. The number of carboxylic acids is 2. The van der Waals surface area contributed by atoms with Gasteiger partial charge in [-0.2, -0.15) is 0 Å². The maximum atomic E-state index is 12.5. The van der Waals surface area contributed by atoms with Crippen LogP contribution in [0.5, 0.6) is 0 Å². The second-order valence-corrected chi connectivity index (χ2v) is 10.8. The summed E-state index contributed by atoms with van der Waals surface area (Å²) in [7, 11) is 0. The van der Waals surface area contributed by atoms with Crippen molar-refractivity contribution in [1.29, 1.82) is 0 Å². The molecule has 0 heterocycles. The summed E-state index contributed by atoms with van der Waals surface area (Å²) in [5.41, 5.74) is -3.53. The predicted molar refractivity (Wildman–Crippen MR) is 81.6 cm³/mol. The first-order chi connectivity index (χ1) is 9.86. The van der Waals surface area contributed by atoms with Gasteiger partial charge in [-0.15, -0.1) is 0 Å². The van der Waals surface area contributed by atoms with E-state index in [2.05, 4.69) is 5.09 Å². The van der Waals surface area contributed by atoms with Crippen LogP contribution in [-0.2, 0) is 14.2 Å². The van der Waals surface area contributed by atoms with E-state index < -0.39 is 23.7 Å². The molecule has 10 heteroatoms. The molecule has 0 aliphatic rings. The molecule has 0 spiro atoms. The summed E-state index contributed by atoms with van der Waals surface area (Å²) in [6.07, 6.45) is -0.610. The summed E-state index contributed by atoms with van der Waals surface area (Å²) in [4.78, 5) is 22.2. The quantitative estimate of drug-likeness (QED) is 0.392. The van der Waals surface area contributed by atoms with E-state index in [1.165, 1.54) is 0 Å². The molecular formula is C11H14NO6PS2. The predicted octanol–water partition coefficient (Wildman–Crippen LogP) is 3.00. The zero-order valence-electron chi connectivity index (χ0n) is 10.7. The standard InChI is InChI=1S/C11H14NO6PS2/c13-10(14)7-6-9(11(15)16)12-19(17,21-18)20-8-4-2-1-3-5-8/h1-5,9,18H,6-7H2,(H,12,17)(H,13,14)(H,15,16). The Morgan fingerprint density at radius 3 is 2.33 bits per heavy atom. The topological polar surface area (TPSA) is 124 Å². The van der Waals surface area contributed by atoms with Crippen LogP contribution >= 0.6 is 28.7 Å². The Bertz CT molecular complexity index is 541. The van der Waals surface area contributed by atoms with Gasteiger partial charge in [-0.05, 0) is 29.9 Å². The molecule has 2 unspecified atom stereocenters. The van der Waals surface area contributed by atoms with Gasteiger partial charge in [0.25, 0.3) is 5.70 Å². The normalized spacial score (nSPS) is 15.1. The van der Waals surface area contributed by atoms with Crippen LogP contribution in [0.3, 0.4) is 0 Å². The van der Waals surface area contributed by atoms with Gasteiger partial charge in [-0.3, -0.25) is 14.2 Å². The van der Waals surface area contributed by atoms with Gasteiger partial charge in [0.15, 0.2) is 0 Å². The highest BCUT2D eigenvalue weighted by atomic mass is 33.1. The van der Waals surface area contributed by atoms with Crippen molar-refractivity contribution in [2.75, 3.05) is 0 Å². The minimum Gasteiger partial charge on any atom is -0.481 e. The number of aliphatic carboxylic acids is 2. The van der Waals surface area contributed by atoms with E-state index in [1.807, 2.05) is 0 Å². The maximum Gasteiger partial charge on any atom is 0.321 e. The van der Waals surface area contributed by atoms with Crippen LogP contribution in [0.25, 0.3) is 0 Å². The third-order valence-corrected chi connectivity index (χ3v) is 7.80. The molecular weight excluding hydrogens is 337 g/mol. The highest BCUT2D eigenvalue weighted by molar-refractivity contribution is 8.88. The van der Waals surface area contributed by atoms with Crippen LogP contribution in [-0.4, -0.2) is 32.7 Å². The van der Waals surface area contributed by atoms with Crippen LogP contribution in [0.4, 0.5) is 0 Å². The van der Waals surface area contributed by atoms with Gasteiger partial charge in [-0.25, -0.2) is 5.09 Å². The first-order valence-electron chi connectivity index (χ1n) is 5.76. The average Bonchev–Trinajstić information content (AvgIpc) is 2.44. The van der Waals surface area contributed by atoms with Gasteiger partial charge in [0, 0.05) is 11.3 Å². The lowest BCUT2D eigenvalue weighted by Crippen LogP contribution is -2.33. The minimum absolute atomic E-state index is 0.0437. The monoisotopic (exact) mass is 351 g/mol. The Balaban J connectivity index is 2.79. The molecule has 0 fully saturated rings. The second-order valence-electron chi connectivity index (χ2n) is 3.94. The molecule has 0 saturated carbocycles. The Kier molecular flexibility index (Phi) is 7.27. The van der Waals surface area contributed by atoms with Crippen molar-refractivity contribution < 1.29 is 28.9 Å². The number of rotatable bonds is 9. The molecule has 0 aliphatic carbocycles. The highest BCUT2D eigenvalue weighted by Crippen LogP contribution is 2.67. The Morgan fingerprint density at radius 2 is 1.86 bits per heavy atom. The van der Waals surface area contributed by atoms with Crippen molar-refractivity contribution in [3.8, 4) is 0 Å². The molecule has 0 aliphatic heterocycles. The van der Waals surface area contributed by atoms with Gasteiger partial charge >= 0.3 is 11.9 Å². The largest absolute Gasteiger partial charge is 0.481 e. The van der Waals surface area contributed by atoms with Crippen LogP contribution in [0.15, 0.2) is 35.2 Å². The first kappa shape index (κ1) is 18.1. The van der Waals surface area contributed by atoms with Gasteiger partial charge in [-0.1, -0.05) is 18.2 Å². The molecule has 2 atom stereocenters. The molecule has 1 aromatic rings. The Morgan fingerprint density at radius 1 is 1.24 bits per heavy atom. The van der Waals surface area contributed by atoms with Crippen LogP contribution in [0, 0.1) is 0 Å². The minimum atomic E-state index is -3.53. The first-order valence-corrected chi connectivity index (χ1v) is 10.3. The third kappa shape index (κ3) is 6.54. The molecule has 0 saturated heterocycles. The summed E-state index contributed by atoms with van der Waals surface area (Å²) in [5, 5.41) is 20.0. The summed E-state index contributed by atoms with van der Waals surface area (Å²) in [6, 6.07) is 7.22. The van der Waals surface area contributed by atoms with Crippen LogP contribution in [0.2, 0.25) is 0 Å². The van der Waals surface area contributed by atoms with Crippen LogP contribution < -0.4 is 5.09 Å². The molecule has 1 aromatic carbocycles. The fraction of sp³-hybridized carbons (Fsp3) is 0.273. The van der Waals surface area contributed by atoms with E-state index in [0.29, 0.717) is 4.90 Å². The summed E-state index contributed by atoms with van der Waals surface area (Å²) < 4.78 is 21.7. The number of carboxylic acid groups (broad SMARTS) is 2.